The Balaban J connectivity index is 1.98. The third-order valence-electron chi connectivity index (χ3n) is 3.75. The van der Waals surface area contributed by atoms with Crippen LogP contribution in [-0.4, -0.2) is 16.9 Å². The van der Waals surface area contributed by atoms with Crippen LogP contribution in [0.4, 0.5) is 5.13 Å². The smallest absolute Gasteiger partial charge is 0.230 e. The molecule has 1 saturated carbocycles. The number of nitrogens with two attached hydrogens (primary N) is 1. The Hall–Kier alpha value is -0.940. The Labute approximate surface area is 118 Å². The van der Waals surface area contributed by atoms with Crippen LogP contribution in [0.3, 0.4) is 0 Å². The number of hydrogen-bond acceptors (Lipinski definition) is 4. The number of aromatic nitrogens is 1. The van der Waals surface area contributed by atoms with E-state index in [4.69, 9.17) is 5.73 Å². The van der Waals surface area contributed by atoms with E-state index in [2.05, 4.69) is 24.1 Å². The summed E-state index contributed by atoms with van der Waals surface area (Å²) in [6, 6.07) is -0.00738. The van der Waals surface area contributed by atoms with E-state index < -0.39 is 0 Å². The fraction of sp³-hybridized carbons (Fsp3) is 0.714. The van der Waals surface area contributed by atoms with Crippen molar-refractivity contribution < 1.29 is 4.79 Å². The second-order valence-electron chi connectivity index (χ2n) is 5.63. The molecule has 19 heavy (non-hydrogen) atoms. The first-order chi connectivity index (χ1) is 9.08. The summed E-state index contributed by atoms with van der Waals surface area (Å²) in [4.78, 5) is 16.7. The van der Waals surface area contributed by atoms with Gasteiger partial charge in [0, 0.05) is 11.4 Å². The molecule has 0 spiro atoms. The number of carbonyl (C=O) groups excluding carboxylic acids is 1. The van der Waals surface area contributed by atoms with Crippen LogP contribution in [0.15, 0.2) is 5.38 Å². The Morgan fingerprint density at radius 2 is 2.16 bits per heavy atom. The molecule has 106 valence electrons. The van der Waals surface area contributed by atoms with E-state index >= 15 is 0 Å². The fourth-order valence-corrected chi connectivity index (χ4v) is 3.34. The van der Waals surface area contributed by atoms with E-state index in [1.54, 1.807) is 0 Å². The monoisotopic (exact) mass is 281 g/mol. The zero-order chi connectivity index (χ0) is 13.8. The number of thiazole rings is 1. The first-order valence-corrected chi connectivity index (χ1v) is 7.97. The lowest BCUT2D eigenvalue weighted by Crippen LogP contribution is -2.37. The number of hydrogen-bond donors (Lipinski definition) is 2. The molecule has 0 saturated heterocycles. The van der Waals surface area contributed by atoms with Crippen molar-refractivity contribution in [2.24, 2.45) is 11.7 Å². The van der Waals surface area contributed by atoms with Gasteiger partial charge in [0.05, 0.1) is 11.6 Å². The Bertz CT molecular complexity index is 430. The molecule has 4 nitrogen and oxygen atoms in total. The average molecular weight is 281 g/mol. The van der Waals surface area contributed by atoms with Crippen molar-refractivity contribution in [3.05, 3.63) is 11.1 Å². The van der Waals surface area contributed by atoms with E-state index in [-0.39, 0.29) is 17.9 Å². The highest BCUT2D eigenvalue weighted by Crippen LogP contribution is 2.26. The molecule has 1 aliphatic carbocycles. The fourth-order valence-electron chi connectivity index (χ4n) is 2.47. The lowest BCUT2D eigenvalue weighted by atomic mass is 9.95. The molecule has 0 bridgehead atoms. The van der Waals surface area contributed by atoms with E-state index in [0.717, 1.165) is 31.4 Å². The molecular formula is C14H23N3OS. The minimum Gasteiger partial charge on any atom is -0.327 e. The topological polar surface area (TPSA) is 68.0 Å². The molecule has 2 rings (SSSR count). The Morgan fingerprint density at radius 1 is 1.42 bits per heavy atom. The van der Waals surface area contributed by atoms with Crippen molar-refractivity contribution in [1.29, 1.82) is 0 Å². The second-order valence-corrected chi connectivity index (χ2v) is 6.49. The molecule has 1 aromatic heterocycles. The molecule has 3 N–H and O–H groups in total. The van der Waals surface area contributed by atoms with Crippen LogP contribution in [0.2, 0.25) is 0 Å². The maximum atomic E-state index is 12.3. The maximum Gasteiger partial charge on any atom is 0.230 e. The van der Waals surface area contributed by atoms with Crippen molar-refractivity contribution >= 4 is 22.4 Å². The van der Waals surface area contributed by atoms with Gasteiger partial charge in [-0.05, 0) is 18.8 Å². The Morgan fingerprint density at radius 3 is 2.84 bits per heavy atom. The number of carbonyl (C=O) groups is 1. The minimum absolute atomic E-state index is 0.00738. The minimum atomic E-state index is -0.0612. The van der Waals surface area contributed by atoms with Crippen molar-refractivity contribution in [3.63, 3.8) is 0 Å². The first-order valence-electron chi connectivity index (χ1n) is 7.10. The summed E-state index contributed by atoms with van der Waals surface area (Å²) >= 11 is 1.49. The summed E-state index contributed by atoms with van der Waals surface area (Å²) in [5.74, 6) is 0.370. The largest absolute Gasteiger partial charge is 0.327 e. The molecule has 0 aromatic carbocycles. The highest BCUT2D eigenvalue weighted by Gasteiger charge is 2.27. The van der Waals surface area contributed by atoms with E-state index in [0.29, 0.717) is 11.0 Å². The van der Waals surface area contributed by atoms with Crippen molar-refractivity contribution in [3.8, 4) is 0 Å². The molecule has 2 atom stereocenters. The average Bonchev–Trinajstić information content (AvgIpc) is 2.71. The molecular weight excluding hydrogens is 258 g/mol. The van der Waals surface area contributed by atoms with Crippen LogP contribution >= 0.6 is 11.3 Å². The Kier molecular flexibility index (Phi) is 4.93. The van der Waals surface area contributed by atoms with Crippen LogP contribution in [0.5, 0.6) is 0 Å². The van der Waals surface area contributed by atoms with Gasteiger partial charge < -0.3 is 11.1 Å². The van der Waals surface area contributed by atoms with Crippen LogP contribution in [-0.2, 0) is 4.79 Å². The molecule has 2 unspecified atom stereocenters. The van der Waals surface area contributed by atoms with Gasteiger partial charge in [-0.15, -0.1) is 11.3 Å². The summed E-state index contributed by atoms with van der Waals surface area (Å²) in [5.41, 5.74) is 7.14. The number of anilines is 1. The molecule has 1 fully saturated rings. The lowest BCUT2D eigenvalue weighted by molar-refractivity contribution is -0.120. The first kappa shape index (κ1) is 14.5. The van der Waals surface area contributed by atoms with Crippen LogP contribution in [0, 0.1) is 5.92 Å². The predicted octanol–water partition coefficient (Wildman–Crippen LogP) is 3.11. The number of nitrogens with zero attached hydrogens (tertiary/aromatic N) is 1. The summed E-state index contributed by atoms with van der Waals surface area (Å²) < 4.78 is 0. The van der Waals surface area contributed by atoms with Crippen LogP contribution in [0.25, 0.3) is 0 Å². The summed E-state index contributed by atoms with van der Waals surface area (Å²) in [6.07, 6.45) is 5.27. The third-order valence-corrected chi connectivity index (χ3v) is 4.53. The van der Waals surface area contributed by atoms with E-state index in [1.165, 1.54) is 17.8 Å². The summed E-state index contributed by atoms with van der Waals surface area (Å²) in [7, 11) is 0. The van der Waals surface area contributed by atoms with Gasteiger partial charge in [-0.1, -0.05) is 33.1 Å². The quantitative estimate of drug-likeness (QED) is 0.836. The highest BCUT2D eigenvalue weighted by molar-refractivity contribution is 7.13. The van der Waals surface area contributed by atoms with E-state index in [9.17, 15) is 4.79 Å². The van der Waals surface area contributed by atoms with Crippen molar-refractivity contribution in [2.75, 3.05) is 5.32 Å². The second kappa shape index (κ2) is 6.48. The normalized spacial score (nSPS) is 24.2. The van der Waals surface area contributed by atoms with Gasteiger partial charge in [0.15, 0.2) is 5.13 Å². The molecule has 1 heterocycles. The summed E-state index contributed by atoms with van der Waals surface area (Å²) in [5, 5.41) is 5.64. The molecule has 1 aliphatic rings. The van der Waals surface area contributed by atoms with Gasteiger partial charge in [-0.2, -0.15) is 0 Å². The van der Waals surface area contributed by atoms with Crippen molar-refractivity contribution in [1.82, 2.24) is 4.98 Å². The van der Waals surface area contributed by atoms with Gasteiger partial charge in [0.2, 0.25) is 5.91 Å². The van der Waals surface area contributed by atoms with Crippen LogP contribution in [0.1, 0.15) is 57.6 Å². The van der Waals surface area contributed by atoms with Gasteiger partial charge in [0.1, 0.15) is 0 Å². The SMILES string of the molecule is CC(C)c1csc(NC(=O)C2CCCCCC2N)n1. The van der Waals surface area contributed by atoms with Gasteiger partial charge in [-0.3, -0.25) is 4.79 Å². The number of amides is 1. The van der Waals surface area contributed by atoms with Crippen molar-refractivity contribution in [2.45, 2.75) is 57.9 Å². The lowest BCUT2D eigenvalue weighted by Gasteiger charge is -2.19. The molecule has 5 heteroatoms. The van der Waals surface area contributed by atoms with E-state index in [1.807, 2.05) is 5.38 Å². The molecule has 0 radical (unpaired) electrons. The van der Waals surface area contributed by atoms with Crippen LogP contribution < -0.4 is 11.1 Å². The number of nitrogens with one attached hydrogen (secondary N) is 1. The zero-order valence-corrected chi connectivity index (χ0v) is 12.5. The number of rotatable bonds is 3. The van der Waals surface area contributed by atoms with Gasteiger partial charge in [0.25, 0.3) is 0 Å². The molecule has 1 aromatic rings. The standard InChI is InChI=1S/C14H23N3OS/c1-9(2)12-8-19-14(16-12)17-13(18)10-6-4-3-5-7-11(10)15/h8-11H,3-7,15H2,1-2H3,(H,16,17,18). The van der Waals surface area contributed by atoms with Gasteiger partial charge >= 0.3 is 0 Å². The summed E-state index contributed by atoms with van der Waals surface area (Å²) in [6.45, 7) is 4.20. The zero-order valence-electron chi connectivity index (χ0n) is 11.7. The maximum absolute atomic E-state index is 12.3. The predicted molar refractivity (Wildman–Crippen MR) is 79.4 cm³/mol. The van der Waals surface area contributed by atoms with Gasteiger partial charge in [-0.25, -0.2) is 4.98 Å². The highest BCUT2D eigenvalue weighted by atomic mass is 32.1. The third kappa shape index (κ3) is 3.76. The molecule has 1 amide bonds. The molecule has 0 aliphatic heterocycles.